The molecular weight excluding hydrogens is 435 g/mol. The molecule has 0 bridgehead atoms. The van der Waals surface area contributed by atoms with Crippen LogP contribution in [-0.2, 0) is 19.6 Å². The average Bonchev–Trinajstić information content (AvgIpc) is 3.09. The van der Waals surface area contributed by atoms with Crippen molar-refractivity contribution in [3.05, 3.63) is 30.1 Å². The summed E-state index contributed by atoms with van der Waals surface area (Å²) in [6, 6.07) is 5.67. The molecule has 168 valence electrons. The van der Waals surface area contributed by atoms with Crippen LogP contribution in [0.5, 0.6) is 0 Å². The Balaban J connectivity index is 0.00000320. The summed E-state index contributed by atoms with van der Waals surface area (Å²) in [6.45, 7) is 5.44. The van der Waals surface area contributed by atoms with E-state index in [1.807, 2.05) is 6.92 Å². The van der Waals surface area contributed by atoms with Crippen LogP contribution < -0.4 is 10.2 Å². The molecule has 2 saturated heterocycles. The molecule has 0 aromatic heterocycles. The fraction of sp³-hybridized carbons (Fsp3) is 0.579. The summed E-state index contributed by atoms with van der Waals surface area (Å²) in [5.74, 6) is -1.81. The Labute approximate surface area is 182 Å². The van der Waals surface area contributed by atoms with Gasteiger partial charge in [-0.2, -0.15) is 4.31 Å². The van der Waals surface area contributed by atoms with Crippen LogP contribution in [0.4, 0.5) is 10.1 Å². The molecule has 0 saturated carbocycles. The summed E-state index contributed by atoms with van der Waals surface area (Å²) in [6.07, 6.45) is 0.0219. The standard InChI is InChI=1S/C19H27FN4O4S.ClH/c1-2-22-7-9-23(10-8-22)29(27,28)11-6-21-19(26)15-12-18(25)24(14-15)17-5-3-4-16(20)13-17;/h3-5,13,15H,2,6-12,14H2,1H3,(H,21,26);1H. The van der Waals surface area contributed by atoms with E-state index in [2.05, 4.69) is 10.2 Å². The second kappa shape index (κ2) is 10.5. The number of likely N-dealkylation sites (N-methyl/N-ethyl adjacent to an activating group) is 1. The first-order chi connectivity index (χ1) is 13.8. The predicted molar refractivity (Wildman–Crippen MR) is 115 cm³/mol. The van der Waals surface area contributed by atoms with Crippen LogP contribution in [0, 0.1) is 11.7 Å². The van der Waals surface area contributed by atoms with Gasteiger partial charge in [-0.3, -0.25) is 9.59 Å². The van der Waals surface area contributed by atoms with Gasteiger partial charge in [0.2, 0.25) is 21.8 Å². The van der Waals surface area contributed by atoms with E-state index in [1.165, 1.54) is 27.4 Å². The molecule has 8 nitrogen and oxygen atoms in total. The number of sulfonamides is 1. The third-order valence-corrected chi connectivity index (χ3v) is 7.32. The number of halogens is 2. The summed E-state index contributed by atoms with van der Waals surface area (Å²) in [7, 11) is -3.43. The third-order valence-electron chi connectivity index (χ3n) is 5.45. The highest BCUT2D eigenvalue weighted by Crippen LogP contribution is 2.25. The average molecular weight is 463 g/mol. The number of carbonyl (C=O) groups is 2. The van der Waals surface area contributed by atoms with Crippen LogP contribution >= 0.6 is 12.4 Å². The van der Waals surface area contributed by atoms with Crippen molar-refractivity contribution in [2.75, 3.05) is 56.5 Å². The second-order valence-electron chi connectivity index (χ2n) is 7.33. The Bertz CT molecular complexity index is 862. The smallest absolute Gasteiger partial charge is 0.227 e. The molecule has 2 aliphatic heterocycles. The molecule has 2 heterocycles. The Hall–Kier alpha value is -1.75. The van der Waals surface area contributed by atoms with Crippen molar-refractivity contribution < 1.29 is 22.4 Å². The van der Waals surface area contributed by atoms with Gasteiger partial charge in [0.05, 0.1) is 11.7 Å². The van der Waals surface area contributed by atoms with E-state index >= 15 is 0 Å². The van der Waals surface area contributed by atoms with E-state index in [0.29, 0.717) is 31.9 Å². The first-order valence-corrected chi connectivity index (χ1v) is 11.4. The van der Waals surface area contributed by atoms with Gasteiger partial charge in [0, 0.05) is 51.4 Å². The molecule has 0 aliphatic carbocycles. The Kier molecular flexibility index (Phi) is 8.60. The predicted octanol–water partition coefficient (Wildman–Crippen LogP) is 0.684. The van der Waals surface area contributed by atoms with Gasteiger partial charge in [0.25, 0.3) is 0 Å². The molecule has 1 atom stereocenters. The summed E-state index contributed by atoms with van der Waals surface area (Å²) in [4.78, 5) is 28.2. The number of rotatable bonds is 7. The first-order valence-electron chi connectivity index (χ1n) is 9.84. The highest BCUT2D eigenvalue weighted by molar-refractivity contribution is 7.89. The minimum Gasteiger partial charge on any atom is -0.355 e. The van der Waals surface area contributed by atoms with Gasteiger partial charge in [-0.05, 0) is 24.7 Å². The van der Waals surface area contributed by atoms with Crippen molar-refractivity contribution in [2.45, 2.75) is 13.3 Å². The third kappa shape index (κ3) is 5.90. The number of carbonyl (C=O) groups excluding carboxylic acids is 2. The molecule has 0 spiro atoms. The molecule has 11 heteroatoms. The van der Waals surface area contributed by atoms with E-state index in [0.717, 1.165) is 6.54 Å². The summed E-state index contributed by atoms with van der Waals surface area (Å²) in [5.41, 5.74) is 0.416. The van der Waals surface area contributed by atoms with E-state index in [9.17, 15) is 22.4 Å². The fourth-order valence-electron chi connectivity index (χ4n) is 3.68. The van der Waals surface area contributed by atoms with E-state index in [1.54, 1.807) is 6.07 Å². The van der Waals surface area contributed by atoms with Gasteiger partial charge in [-0.1, -0.05) is 13.0 Å². The Morgan fingerprint density at radius 1 is 1.23 bits per heavy atom. The van der Waals surface area contributed by atoms with Crippen molar-refractivity contribution in [1.82, 2.24) is 14.5 Å². The summed E-state index contributed by atoms with van der Waals surface area (Å²) >= 11 is 0. The number of amides is 2. The highest BCUT2D eigenvalue weighted by atomic mass is 35.5. The molecule has 2 aliphatic rings. The lowest BCUT2D eigenvalue weighted by atomic mass is 10.1. The maximum Gasteiger partial charge on any atom is 0.227 e. The zero-order chi connectivity index (χ0) is 21.0. The highest BCUT2D eigenvalue weighted by Gasteiger charge is 2.35. The Morgan fingerprint density at radius 2 is 1.93 bits per heavy atom. The van der Waals surface area contributed by atoms with E-state index in [4.69, 9.17) is 0 Å². The van der Waals surface area contributed by atoms with Crippen LogP contribution in [0.1, 0.15) is 13.3 Å². The van der Waals surface area contributed by atoms with Gasteiger partial charge < -0.3 is 15.1 Å². The number of nitrogens with zero attached hydrogens (tertiary/aromatic N) is 3. The number of hydrogen-bond acceptors (Lipinski definition) is 5. The van der Waals surface area contributed by atoms with E-state index in [-0.39, 0.29) is 49.5 Å². The van der Waals surface area contributed by atoms with Crippen LogP contribution in [0.25, 0.3) is 0 Å². The normalized spacial score (nSPS) is 20.8. The first kappa shape index (κ1) is 24.5. The van der Waals surface area contributed by atoms with Crippen LogP contribution in [0.3, 0.4) is 0 Å². The molecule has 1 unspecified atom stereocenters. The molecule has 2 amide bonds. The van der Waals surface area contributed by atoms with Crippen LogP contribution in [0.2, 0.25) is 0 Å². The number of nitrogens with one attached hydrogen (secondary N) is 1. The quantitative estimate of drug-likeness (QED) is 0.643. The zero-order valence-corrected chi connectivity index (χ0v) is 18.6. The van der Waals surface area contributed by atoms with Gasteiger partial charge in [0.1, 0.15) is 5.82 Å². The van der Waals surface area contributed by atoms with Crippen molar-refractivity contribution in [3.63, 3.8) is 0 Å². The SMILES string of the molecule is CCN1CCN(S(=O)(=O)CCNC(=O)C2CC(=O)N(c3cccc(F)c3)C2)CC1.Cl. The van der Waals surface area contributed by atoms with Crippen LogP contribution in [-0.4, -0.2) is 81.0 Å². The van der Waals surface area contributed by atoms with Gasteiger partial charge in [-0.15, -0.1) is 12.4 Å². The maximum atomic E-state index is 13.4. The summed E-state index contributed by atoms with van der Waals surface area (Å²) in [5, 5.41) is 2.64. The van der Waals surface area contributed by atoms with Crippen molar-refractivity contribution in [1.29, 1.82) is 0 Å². The topological polar surface area (TPSA) is 90.0 Å². The van der Waals surface area contributed by atoms with Crippen molar-refractivity contribution >= 4 is 39.9 Å². The molecule has 1 aromatic carbocycles. The molecule has 1 N–H and O–H groups in total. The summed E-state index contributed by atoms with van der Waals surface area (Å²) < 4.78 is 39.8. The lowest BCUT2D eigenvalue weighted by Gasteiger charge is -2.33. The second-order valence-corrected chi connectivity index (χ2v) is 9.41. The number of hydrogen-bond donors (Lipinski definition) is 1. The molecule has 2 fully saturated rings. The van der Waals surface area contributed by atoms with E-state index < -0.39 is 21.8 Å². The minimum absolute atomic E-state index is 0. The zero-order valence-electron chi connectivity index (χ0n) is 16.9. The van der Waals surface area contributed by atoms with Gasteiger partial charge >= 0.3 is 0 Å². The fourth-order valence-corrected chi connectivity index (χ4v) is 5.02. The Morgan fingerprint density at radius 3 is 2.57 bits per heavy atom. The van der Waals surface area contributed by atoms with Crippen molar-refractivity contribution in [2.24, 2.45) is 5.92 Å². The van der Waals surface area contributed by atoms with Crippen LogP contribution in [0.15, 0.2) is 24.3 Å². The molecule has 0 radical (unpaired) electrons. The molecular formula is C19H28ClFN4O4S. The number of anilines is 1. The minimum atomic E-state index is -3.43. The monoisotopic (exact) mass is 462 g/mol. The molecule has 1 aromatic rings. The number of piperazine rings is 1. The van der Waals surface area contributed by atoms with Gasteiger partial charge in [0.15, 0.2) is 0 Å². The lowest BCUT2D eigenvalue weighted by Crippen LogP contribution is -2.50. The molecule has 3 rings (SSSR count). The largest absolute Gasteiger partial charge is 0.355 e. The maximum absolute atomic E-state index is 13.4. The van der Waals surface area contributed by atoms with Crippen molar-refractivity contribution in [3.8, 4) is 0 Å². The number of benzene rings is 1. The molecule has 30 heavy (non-hydrogen) atoms. The van der Waals surface area contributed by atoms with Gasteiger partial charge in [-0.25, -0.2) is 12.8 Å². The lowest BCUT2D eigenvalue weighted by molar-refractivity contribution is -0.126.